The maximum Gasteiger partial charge on any atom is 0.387 e. The number of carbonyl (C=O) groups is 3. The summed E-state index contributed by atoms with van der Waals surface area (Å²) in [7, 11) is 1.58. The quantitative estimate of drug-likeness (QED) is 0.244. The van der Waals surface area contributed by atoms with Crippen LogP contribution in [0.4, 0.5) is 24.5 Å². The summed E-state index contributed by atoms with van der Waals surface area (Å²) in [5.41, 5.74) is 0.901. The van der Waals surface area contributed by atoms with Crippen molar-refractivity contribution in [3.63, 3.8) is 0 Å². The van der Waals surface area contributed by atoms with Gasteiger partial charge < -0.3 is 25.2 Å². The molecule has 4 aromatic rings. The Morgan fingerprint density at radius 1 is 1.02 bits per heavy atom. The Hall–Kier alpha value is -4.32. The molecule has 13 heteroatoms. The lowest BCUT2D eigenvalue weighted by atomic mass is 10.0. The van der Waals surface area contributed by atoms with Crippen LogP contribution < -0.4 is 25.2 Å². The molecule has 0 aromatic heterocycles. The van der Waals surface area contributed by atoms with E-state index in [0.29, 0.717) is 10.9 Å². The Bertz CT molecular complexity index is 1720. The molecular weight excluding hydrogens is 632 g/mol. The lowest BCUT2D eigenvalue weighted by Crippen LogP contribution is -2.55. The highest BCUT2D eigenvalue weighted by atomic mass is 35.5. The van der Waals surface area contributed by atoms with Gasteiger partial charge in [0.25, 0.3) is 11.8 Å². The molecule has 8 nitrogen and oxygen atoms in total. The molecule has 0 fully saturated rings. The zero-order valence-corrected chi connectivity index (χ0v) is 25.7. The molecule has 0 spiro atoms. The van der Waals surface area contributed by atoms with E-state index in [1.54, 1.807) is 50.4 Å². The number of likely N-dealkylation sites (N-methyl/N-ethyl adjacent to an activating group) is 1. The van der Waals surface area contributed by atoms with Gasteiger partial charge in [0.1, 0.15) is 17.6 Å². The molecule has 2 N–H and O–H groups in total. The maximum absolute atomic E-state index is 14.3. The summed E-state index contributed by atoms with van der Waals surface area (Å²) in [5, 5.41) is 7.09. The molecule has 1 heterocycles. The predicted octanol–water partition coefficient (Wildman–Crippen LogP) is 5.94. The third kappa shape index (κ3) is 7.16. The molecule has 0 saturated heterocycles. The Kier molecular flexibility index (Phi) is 10.6. The Balaban J connectivity index is 0.00000461. The van der Waals surface area contributed by atoms with Crippen LogP contribution in [0.15, 0.2) is 78.9 Å². The van der Waals surface area contributed by atoms with Crippen LogP contribution in [0.5, 0.6) is 5.75 Å². The van der Waals surface area contributed by atoms with Crippen LogP contribution in [0.25, 0.3) is 10.8 Å². The molecule has 5 rings (SSSR count). The van der Waals surface area contributed by atoms with Crippen LogP contribution in [-0.2, 0) is 16.1 Å². The number of hydrogen-bond acceptors (Lipinski definition) is 5. The van der Waals surface area contributed by atoms with Gasteiger partial charge in [0, 0.05) is 16.1 Å². The fourth-order valence-electron chi connectivity index (χ4n) is 5.09. The number of anilines is 2. The topological polar surface area (TPSA) is 91.0 Å². The summed E-state index contributed by atoms with van der Waals surface area (Å²) in [6, 6.07) is 17.6. The molecule has 0 saturated carbocycles. The minimum Gasteiger partial charge on any atom is -0.434 e. The molecule has 0 bridgehead atoms. The number of amides is 3. The van der Waals surface area contributed by atoms with Crippen LogP contribution in [0.1, 0.15) is 22.8 Å². The van der Waals surface area contributed by atoms with Gasteiger partial charge in [0.15, 0.2) is 0 Å². The summed E-state index contributed by atoms with van der Waals surface area (Å²) in [5.74, 6) is -2.34. The number of ether oxygens (including phenoxy) is 1. The Morgan fingerprint density at radius 2 is 1.73 bits per heavy atom. The summed E-state index contributed by atoms with van der Waals surface area (Å²) in [6.07, 6.45) is 0. The van der Waals surface area contributed by atoms with E-state index < -0.39 is 42.2 Å². The fraction of sp³-hybridized carbons (Fsp3) is 0.219. The Labute approximate surface area is 268 Å². The van der Waals surface area contributed by atoms with Gasteiger partial charge in [0.05, 0.1) is 30.5 Å². The van der Waals surface area contributed by atoms with Gasteiger partial charge in [-0.05, 0) is 73.3 Å². The molecule has 1 aliphatic heterocycles. The number of alkyl halides is 2. The minimum atomic E-state index is -3.13. The van der Waals surface area contributed by atoms with Crippen LogP contribution in [-0.4, -0.2) is 50.0 Å². The van der Waals surface area contributed by atoms with Crippen molar-refractivity contribution in [3.05, 3.63) is 101 Å². The van der Waals surface area contributed by atoms with Crippen molar-refractivity contribution in [3.8, 4) is 5.75 Å². The van der Waals surface area contributed by atoms with Crippen molar-refractivity contribution in [1.82, 2.24) is 10.6 Å². The molecule has 4 aromatic carbocycles. The van der Waals surface area contributed by atoms with Crippen LogP contribution >= 0.6 is 24.0 Å². The zero-order chi connectivity index (χ0) is 31.5. The van der Waals surface area contributed by atoms with Crippen molar-refractivity contribution < 1.29 is 32.3 Å². The third-order valence-electron chi connectivity index (χ3n) is 7.46. The standard InChI is InChI=1S/C32H28ClF3N4O4.ClH/c1-18(37-2)29(41)38-25-17-40(30(42)20-7-11-22(34)12-8-20)27-15-21(33)10-13-26(27)39(31(25)43)16-24-23-6-4-3-5-19(23)9-14-28(24)44-32(35)36;/h3-15,18,25,32,37H,16-17H2,1-2H3,(H,38,41);1H/t18-,25-;/m0./s1. The van der Waals surface area contributed by atoms with Crippen molar-refractivity contribution in [2.24, 2.45) is 0 Å². The second kappa shape index (κ2) is 14.2. The molecule has 45 heavy (non-hydrogen) atoms. The van der Waals surface area contributed by atoms with Crippen LogP contribution in [0.2, 0.25) is 5.02 Å². The van der Waals surface area contributed by atoms with Gasteiger partial charge in [0.2, 0.25) is 5.91 Å². The van der Waals surface area contributed by atoms with Crippen molar-refractivity contribution >= 4 is 63.9 Å². The highest BCUT2D eigenvalue weighted by Gasteiger charge is 2.38. The number of rotatable bonds is 8. The molecule has 1 aliphatic rings. The zero-order valence-electron chi connectivity index (χ0n) is 24.1. The minimum absolute atomic E-state index is 0. The first-order valence-corrected chi connectivity index (χ1v) is 14.1. The van der Waals surface area contributed by atoms with E-state index in [4.69, 9.17) is 16.3 Å². The predicted molar refractivity (Wildman–Crippen MR) is 169 cm³/mol. The molecule has 0 aliphatic carbocycles. The highest BCUT2D eigenvalue weighted by Crippen LogP contribution is 2.39. The van der Waals surface area contributed by atoms with Crippen molar-refractivity contribution in [2.45, 2.75) is 32.2 Å². The van der Waals surface area contributed by atoms with E-state index >= 15 is 0 Å². The van der Waals surface area contributed by atoms with Gasteiger partial charge in [-0.25, -0.2) is 4.39 Å². The van der Waals surface area contributed by atoms with E-state index in [1.807, 2.05) is 0 Å². The van der Waals surface area contributed by atoms with Crippen LogP contribution in [0, 0.1) is 5.82 Å². The largest absolute Gasteiger partial charge is 0.434 e. The molecule has 2 atom stereocenters. The summed E-state index contributed by atoms with van der Waals surface area (Å²) < 4.78 is 45.6. The molecule has 0 radical (unpaired) electrons. The lowest BCUT2D eigenvalue weighted by Gasteiger charge is -2.27. The van der Waals surface area contributed by atoms with Crippen molar-refractivity contribution in [2.75, 3.05) is 23.4 Å². The summed E-state index contributed by atoms with van der Waals surface area (Å²) >= 11 is 6.38. The number of nitrogens with zero attached hydrogens (tertiary/aromatic N) is 2. The monoisotopic (exact) mass is 660 g/mol. The average Bonchev–Trinajstić information content (AvgIpc) is 3.11. The first-order chi connectivity index (χ1) is 21.1. The van der Waals surface area contributed by atoms with Gasteiger partial charge >= 0.3 is 6.61 Å². The molecule has 3 amide bonds. The molecule has 0 unspecified atom stereocenters. The van der Waals surface area contributed by atoms with Gasteiger partial charge in [-0.2, -0.15) is 8.78 Å². The van der Waals surface area contributed by atoms with E-state index in [0.717, 1.165) is 17.5 Å². The van der Waals surface area contributed by atoms with E-state index in [-0.39, 0.29) is 53.2 Å². The van der Waals surface area contributed by atoms with E-state index in [1.165, 1.54) is 40.1 Å². The maximum atomic E-state index is 14.3. The number of halogens is 5. The number of carbonyl (C=O) groups excluding carboxylic acids is 3. The van der Waals surface area contributed by atoms with Crippen LogP contribution in [0.3, 0.4) is 0 Å². The number of nitrogens with one attached hydrogen (secondary N) is 2. The average molecular weight is 662 g/mol. The highest BCUT2D eigenvalue weighted by molar-refractivity contribution is 6.31. The van der Waals surface area contributed by atoms with Crippen molar-refractivity contribution in [1.29, 1.82) is 0 Å². The molecule has 236 valence electrons. The SMILES string of the molecule is CN[C@@H](C)C(=O)N[C@H]1CN(C(=O)c2ccc(F)cc2)c2cc(Cl)ccc2N(Cc2c(OC(F)F)ccc3ccccc23)C1=O.Cl. The summed E-state index contributed by atoms with van der Waals surface area (Å²) in [4.78, 5) is 43.9. The van der Waals surface area contributed by atoms with E-state index in [9.17, 15) is 27.6 Å². The Morgan fingerprint density at radius 3 is 2.42 bits per heavy atom. The second-order valence-corrected chi connectivity index (χ2v) is 10.6. The lowest BCUT2D eigenvalue weighted by molar-refractivity contribution is -0.128. The fourth-order valence-corrected chi connectivity index (χ4v) is 5.26. The molecular formula is C32H29Cl2F3N4O4. The third-order valence-corrected chi connectivity index (χ3v) is 7.69. The smallest absolute Gasteiger partial charge is 0.387 e. The van der Waals surface area contributed by atoms with Gasteiger partial charge in [-0.15, -0.1) is 12.4 Å². The summed E-state index contributed by atoms with van der Waals surface area (Å²) in [6.45, 7) is -2.06. The number of hydrogen-bond donors (Lipinski definition) is 2. The van der Waals surface area contributed by atoms with Gasteiger partial charge in [-0.3, -0.25) is 14.4 Å². The van der Waals surface area contributed by atoms with Gasteiger partial charge in [-0.1, -0.05) is 41.9 Å². The first-order valence-electron chi connectivity index (χ1n) is 13.7. The number of benzene rings is 4. The second-order valence-electron chi connectivity index (χ2n) is 10.2. The first kappa shape index (κ1) is 33.6. The number of fused-ring (bicyclic) bond motifs is 2. The van der Waals surface area contributed by atoms with E-state index in [2.05, 4.69) is 10.6 Å². The normalized spacial score (nSPS) is 15.3.